The Morgan fingerprint density at radius 2 is 2.19 bits per heavy atom. The monoisotopic (exact) mass is 319 g/mol. The van der Waals surface area contributed by atoms with Gasteiger partial charge in [0.2, 0.25) is 5.91 Å². The van der Waals surface area contributed by atoms with Gasteiger partial charge in [0.1, 0.15) is 0 Å². The fourth-order valence-electron chi connectivity index (χ4n) is 2.35. The van der Waals surface area contributed by atoms with Crippen LogP contribution in [0.25, 0.3) is 0 Å². The van der Waals surface area contributed by atoms with Gasteiger partial charge in [0.25, 0.3) is 0 Å². The van der Waals surface area contributed by atoms with E-state index in [1.165, 1.54) is 11.8 Å². The molecule has 4 nitrogen and oxygen atoms in total. The van der Waals surface area contributed by atoms with Gasteiger partial charge in [-0.2, -0.15) is 0 Å². The predicted octanol–water partition coefficient (Wildman–Crippen LogP) is 3.13. The highest BCUT2D eigenvalue weighted by atomic mass is 32.2. The van der Waals surface area contributed by atoms with Crippen LogP contribution in [0.1, 0.15) is 15.9 Å². The second kappa shape index (κ2) is 5.91. The van der Waals surface area contributed by atoms with E-state index in [0.29, 0.717) is 18.7 Å². The molecule has 1 aromatic carbocycles. The van der Waals surface area contributed by atoms with Gasteiger partial charge in [-0.05, 0) is 41.6 Å². The number of rotatable bonds is 4. The van der Waals surface area contributed by atoms with E-state index in [0.717, 1.165) is 15.5 Å². The van der Waals surface area contributed by atoms with Gasteiger partial charge in [-0.15, -0.1) is 23.1 Å². The van der Waals surface area contributed by atoms with Gasteiger partial charge in [-0.1, -0.05) is 6.07 Å². The molecule has 0 bridgehead atoms. The van der Waals surface area contributed by atoms with Crippen molar-refractivity contribution in [2.75, 3.05) is 17.2 Å². The van der Waals surface area contributed by atoms with Crippen molar-refractivity contribution in [2.45, 2.75) is 10.6 Å². The molecule has 1 aromatic heterocycles. The molecule has 108 valence electrons. The zero-order chi connectivity index (χ0) is 14.8. The van der Waals surface area contributed by atoms with Crippen molar-refractivity contribution in [3.05, 3.63) is 46.8 Å². The summed E-state index contributed by atoms with van der Waals surface area (Å²) in [6, 6.07) is 8.92. The normalized spacial score (nSPS) is 13.2. The first kappa shape index (κ1) is 14.2. The lowest BCUT2D eigenvalue weighted by Crippen LogP contribution is -2.30. The predicted molar refractivity (Wildman–Crippen MR) is 84.5 cm³/mol. The number of benzene rings is 1. The lowest BCUT2D eigenvalue weighted by molar-refractivity contribution is -0.116. The maximum atomic E-state index is 12.3. The molecule has 1 amide bonds. The molecule has 1 aliphatic heterocycles. The fraction of sp³-hybridized carbons (Fsp3) is 0.200. The second-order valence-corrected chi connectivity index (χ2v) is 6.89. The number of carbonyl (C=O) groups is 2. The van der Waals surface area contributed by atoms with Crippen molar-refractivity contribution >= 4 is 40.7 Å². The molecule has 0 saturated heterocycles. The Hall–Kier alpha value is -1.79. The lowest BCUT2D eigenvalue weighted by Gasteiger charge is -2.17. The first-order valence-corrected chi connectivity index (χ1v) is 8.34. The van der Waals surface area contributed by atoms with Crippen molar-refractivity contribution in [3.8, 4) is 0 Å². The number of hydrogen-bond acceptors (Lipinski definition) is 4. The Morgan fingerprint density at radius 3 is 2.90 bits per heavy atom. The number of carbonyl (C=O) groups excluding carboxylic acids is 1. The number of hydrogen-bond donors (Lipinski definition) is 1. The number of thioether (sulfide) groups is 1. The summed E-state index contributed by atoms with van der Waals surface area (Å²) in [6.45, 7) is 0.627. The molecule has 0 radical (unpaired) electrons. The average Bonchev–Trinajstić information content (AvgIpc) is 3.13. The summed E-state index contributed by atoms with van der Waals surface area (Å²) < 4.78 is 1.13. The van der Waals surface area contributed by atoms with Gasteiger partial charge >= 0.3 is 5.97 Å². The molecule has 0 saturated carbocycles. The third kappa shape index (κ3) is 2.96. The summed E-state index contributed by atoms with van der Waals surface area (Å²) in [5.74, 6) is -0.466. The van der Waals surface area contributed by atoms with E-state index in [9.17, 15) is 9.59 Å². The molecule has 0 spiro atoms. The van der Waals surface area contributed by atoms with Crippen LogP contribution in [0.5, 0.6) is 0 Å². The molecule has 21 heavy (non-hydrogen) atoms. The Bertz CT molecular complexity index is 682. The van der Waals surface area contributed by atoms with E-state index in [4.69, 9.17) is 5.11 Å². The molecule has 2 heterocycles. The molecule has 1 aliphatic rings. The highest BCUT2D eigenvalue weighted by molar-refractivity contribution is 8.01. The van der Waals surface area contributed by atoms with Crippen LogP contribution in [0.2, 0.25) is 0 Å². The van der Waals surface area contributed by atoms with Crippen LogP contribution in [0.4, 0.5) is 5.69 Å². The second-order valence-electron chi connectivity index (χ2n) is 4.66. The van der Waals surface area contributed by atoms with Crippen molar-refractivity contribution < 1.29 is 14.7 Å². The fourth-order valence-corrected chi connectivity index (χ4v) is 4.01. The highest BCUT2D eigenvalue weighted by Crippen LogP contribution is 2.31. The third-order valence-electron chi connectivity index (χ3n) is 3.36. The van der Waals surface area contributed by atoms with Crippen LogP contribution in [-0.2, 0) is 11.2 Å². The number of amides is 1. The van der Waals surface area contributed by atoms with Crippen molar-refractivity contribution in [1.82, 2.24) is 0 Å². The topological polar surface area (TPSA) is 57.6 Å². The number of anilines is 1. The molecule has 6 heteroatoms. The molecule has 2 aromatic rings. The van der Waals surface area contributed by atoms with Crippen molar-refractivity contribution in [2.24, 2.45) is 0 Å². The largest absolute Gasteiger partial charge is 0.478 e. The summed E-state index contributed by atoms with van der Waals surface area (Å²) in [6.07, 6.45) is 0.714. The maximum Gasteiger partial charge on any atom is 0.335 e. The first-order chi connectivity index (χ1) is 10.1. The molecule has 3 rings (SSSR count). The summed E-state index contributed by atoms with van der Waals surface area (Å²) in [5.41, 5.74) is 2.05. The van der Waals surface area contributed by atoms with Crippen LogP contribution in [0, 0.1) is 0 Å². The number of fused-ring (bicyclic) bond motifs is 1. The Morgan fingerprint density at radius 1 is 1.33 bits per heavy atom. The molecule has 0 aliphatic carbocycles. The number of thiophene rings is 1. The summed E-state index contributed by atoms with van der Waals surface area (Å²) in [4.78, 5) is 25.0. The van der Waals surface area contributed by atoms with Gasteiger partial charge < -0.3 is 10.0 Å². The van der Waals surface area contributed by atoms with Crippen LogP contribution < -0.4 is 4.90 Å². The molecular formula is C15H13NO3S2. The zero-order valence-corrected chi connectivity index (χ0v) is 12.7. The summed E-state index contributed by atoms with van der Waals surface area (Å²) in [5, 5.41) is 11.0. The van der Waals surface area contributed by atoms with Crippen LogP contribution in [-0.4, -0.2) is 29.3 Å². The van der Waals surface area contributed by atoms with Gasteiger partial charge in [-0.3, -0.25) is 4.79 Å². The quantitative estimate of drug-likeness (QED) is 0.880. The van der Waals surface area contributed by atoms with Crippen molar-refractivity contribution in [3.63, 3.8) is 0 Å². The number of carboxylic acid groups (broad SMARTS) is 1. The van der Waals surface area contributed by atoms with Gasteiger partial charge in [-0.25, -0.2) is 4.79 Å². The molecule has 1 N–H and O–H groups in total. The van der Waals surface area contributed by atoms with E-state index in [2.05, 4.69) is 0 Å². The van der Waals surface area contributed by atoms with Crippen molar-refractivity contribution in [1.29, 1.82) is 0 Å². The van der Waals surface area contributed by atoms with Gasteiger partial charge in [0.05, 0.1) is 15.5 Å². The van der Waals surface area contributed by atoms with E-state index < -0.39 is 5.97 Å². The van der Waals surface area contributed by atoms with E-state index in [1.54, 1.807) is 34.4 Å². The van der Waals surface area contributed by atoms with Crippen LogP contribution in [0.15, 0.2) is 39.9 Å². The van der Waals surface area contributed by atoms with E-state index in [-0.39, 0.29) is 11.5 Å². The summed E-state index contributed by atoms with van der Waals surface area (Å²) in [7, 11) is 0. The third-order valence-corrected chi connectivity index (χ3v) is 5.47. The van der Waals surface area contributed by atoms with E-state index >= 15 is 0 Å². The Balaban J connectivity index is 1.71. The highest BCUT2D eigenvalue weighted by Gasteiger charge is 2.25. The number of nitrogens with zero attached hydrogens (tertiary/aromatic N) is 1. The van der Waals surface area contributed by atoms with Gasteiger partial charge in [0, 0.05) is 12.2 Å². The Labute approximate surface area is 130 Å². The molecule has 0 atom stereocenters. The number of aromatic carboxylic acids is 1. The lowest BCUT2D eigenvalue weighted by atomic mass is 10.1. The molecule has 0 fully saturated rings. The van der Waals surface area contributed by atoms with Crippen LogP contribution >= 0.6 is 23.1 Å². The minimum Gasteiger partial charge on any atom is -0.478 e. The SMILES string of the molecule is O=C(O)c1ccc2c(c1)CCN2C(=O)CSc1cccs1. The van der Waals surface area contributed by atoms with Crippen LogP contribution in [0.3, 0.4) is 0 Å². The minimum absolute atomic E-state index is 0.0650. The first-order valence-electron chi connectivity index (χ1n) is 6.48. The number of carboxylic acids is 1. The summed E-state index contributed by atoms with van der Waals surface area (Å²) >= 11 is 3.16. The standard InChI is InChI=1S/C15H13NO3S2/c17-13(9-21-14-2-1-7-20-14)16-6-5-10-8-11(15(18)19)3-4-12(10)16/h1-4,7-8H,5-6,9H2,(H,18,19). The average molecular weight is 319 g/mol. The molecular weight excluding hydrogens is 306 g/mol. The Kier molecular flexibility index (Phi) is 3.98. The van der Waals surface area contributed by atoms with Gasteiger partial charge in [0.15, 0.2) is 0 Å². The zero-order valence-electron chi connectivity index (χ0n) is 11.1. The van der Waals surface area contributed by atoms with E-state index in [1.807, 2.05) is 17.5 Å². The molecule has 0 unspecified atom stereocenters. The maximum absolute atomic E-state index is 12.3. The minimum atomic E-state index is -0.934. The smallest absolute Gasteiger partial charge is 0.335 e.